The average molecular weight is 312 g/mol. The zero-order chi connectivity index (χ0) is 15.4. The highest BCUT2D eigenvalue weighted by Crippen LogP contribution is 2.33. The van der Waals surface area contributed by atoms with E-state index in [9.17, 15) is 15.0 Å². The topological polar surface area (TPSA) is 76.0 Å². The van der Waals surface area contributed by atoms with Crippen LogP contribution in [0.15, 0.2) is 30.3 Å². The van der Waals surface area contributed by atoms with Crippen molar-refractivity contribution in [2.75, 3.05) is 12.9 Å². The van der Waals surface area contributed by atoms with Gasteiger partial charge in [-0.05, 0) is 18.4 Å². The summed E-state index contributed by atoms with van der Waals surface area (Å²) in [5.41, 5.74) is 0.198. The van der Waals surface area contributed by atoms with Crippen LogP contribution in [-0.4, -0.2) is 52.8 Å². The first-order valence-corrected chi connectivity index (χ1v) is 8.10. The average Bonchev–Trinajstić information content (AvgIpc) is 2.52. The Labute approximate surface area is 128 Å². The van der Waals surface area contributed by atoms with E-state index >= 15 is 0 Å². The minimum absolute atomic E-state index is 0.175. The van der Waals surface area contributed by atoms with E-state index in [1.54, 1.807) is 24.3 Å². The summed E-state index contributed by atoms with van der Waals surface area (Å²) < 4.78 is 11.1. The van der Waals surface area contributed by atoms with Gasteiger partial charge in [0.05, 0.1) is 12.2 Å². The molecule has 1 aliphatic heterocycles. The molecule has 6 heteroatoms. The number of rotatable bonds is 4. The molecule has 0 saturated carbocycles. The summed E-state index contributed by atoms with van der Waals surface area (Å²) in [7, 11) is 0. The van der Waals surface area contributed by atoms with Crippen molar-refractivity contribution in [1.29, 1.82) is 0 Å². The van der Waals surface area contributed by atoms with Crippen LogP contribution >= 0.6 is 11.8 Å². The lowest BCUT2D eigenvalue weighted by Gasteiger charge is -2.42. The Morgan fingerprint density at radius 2 is 2.05 bits per heavy atom. The lowest BCUT2D eigenvalue weighted by Crippen LogP contribution is -2.55. The van der Waals surface area contributed by atoms with Crippen molar-refractivity contribution < 1.29 is 24.5 Å². The van der Waals surface area contributed by atoms with Crippen LogP contribution in [-0.2, 0) is 9.47 Å². The maximum Gasteiger partial charge on any atom is 0.338 e. The van der Waals surface area contributed by atoms with Gasteiger partial charge in [-0.1, -0.05) is 25.1 Å². The maximum atomic E-state index is 12.2. The fraction of sp³-hybridized carbons (Fsp3) is 0.533. The lowest BCUT2D eigenvalue weighted by molar-refractivity contribution is -0.182. The molecule has 1 saturated heterocycles. The van der Waals surface area contributed by atoms with E-state index in [2.05, 4.69) is 0 Å². The molecule has 5 atom stereocenters. The van der Waals surface area contributed by atoms with Gasteiger partial charge in [0.1, 0.15) is 23.7 Å². The summed E-state index contributed by atoms with van der Waals surface area (Å²) in [5.74, 6) is -0.657. The predicted octanol–water partition coefficient (Wildman–Crippen LogP) is 1.29. The normalized spacial score (nSPS) is 32.7. The van der Waals surface area contributed by atoms with Crippen LogP contribution in [0, 0.1) is 5.92 Å². The van der Waals surface area contributed by atoms with Crippen LogP contribution < -0.4 is 0 Å². The first-order chi connectivity index (χ1) is 10.1. The highest BCUT2D eigenvalue weighted by Gasteiger charge is 2.44. The molecular weight excluding hydrogens is 292 g/mol. The molecule has 1 aromatic rings. The van der Waals surface area contributed by atoms with E-state index in [1.807, 2.05) is 19.2 Å². The van der Waals surface area contributed by atoms with Crippen molar-refractivity contribution in [2.24, 2.45) is 5.92 Å². The monoisotopic (exact) mass is 312 g/mol. The fourth-order valence-electron chi connectivity index (χ4n) is 2.42. The second-order valence-corrected chi connectivity index (χ2v) is 5.98. The van der Waals surface area contributed by atoms with Gasteiger partial charge in [-0.15, -0.1) is 11.8 Å². The molecule has 2 unspecified atom stereocenters. The van der Waals surface area contributed by atoms with Crippen molar-refractivity contribution in [2.45, 2.75) is 30.7 Å². The third-order valence-corrected chi connectivity index (χ3v) is 4.64. The van der Waals surface area contributed by atoms with Gasteiger partial charge in [0.15, 0.2) is 0 Å². The molecule has 0 bridgehead atoms. The number of carbonyl (C=O) groups is 1. The van der Waals surface area contributed by atoms with Gasteiger partial charge in [0.25, 0.3) is 0 Å². The molecule has 0 spiro atoms. The first kappa shape index (κ1) is 16.3. The Hall–Kier alpha value is -1.08. The number of carbonyl (C=O) groups excluding carboxylic acids is 1. The van der Waals surface area contributed by atoms with Gasteiger partial charge in [-0.3, -0.25) is 0 Å². The highest BCUT2D eigenvalue weighted by atomic mass is 32.2. The molecular formula is C15H20O5S. The van der Waals surface area contributed by atoms with Crippen molar-refractivity contribution in [1.82, 2.24) is 0 Å². The van der Waals surface area contributed by atoms with Crippen molar-refractivity contribution in [3.8, 4) is 0 Å². The maximum absolute atomic E-state index is 12.2. The molecule has 0 aromatic heterocycles. The van der Waals surface area contributed by atoms with Crippen molar-refractivity contribution in [3.63, 3.8) is 0 Å². The van der Waals surface area contributed by atoms with E-state index in [0.717, 1.165) is 0 Å². The van der Waals surface area contributed by atoms with Crippen molar-refractivity contribution in [3.05, 3.63) is 35.9 Å². The van der Waals surface area contributed by atoms with E-state index in [4.69, 9.17) is 9.47 Å². The zero-order valence-corrected chi connectivity index (χ0v) is 12.8. The Morgan fingerprint density at radius 3 is 2.62 bits per heavy atom. The Balaban J connectivity index is 2.13. The van der Waals surface area contributed by atoms with Crippen LogP contribution in [0.5, 0.6) is 0 Å². The molecule has 5 nitrogen and oxygen atoms in total. The summed E-state index contributed by atoms with van der Waals surface area (Å²) in [6, 6.07) is 8.64. The summed E-state index contributed by atoms with van der Waals surface area (Å²) in [5, 5.41) is 19.5. The SMILES string of the molecule is CS[C@@H]1OC(CO)[C@H](O)[C@H](OC(=O)c2ccccc2)C1C. The summed E-state index contributed by atoms with van der Waals surface area (Å²) in [4.78, 5) is 12.2. The van der Waals surface area contributed by atoms with E-state index in [0.29, 0.717) is 5.56 Å². The molecule has 1 heterocycles. The highest BCUT2D eigenvalue weighted by molar-refractivity contribution is 7.99. The molecule has 0 radical (unpaired) electrons. The number of aliphatic hydroxyl groups is 2. The van der Waals surface area contributed by atoms with Crippen LogP contribution in [0.3, 0.4) is 0 Å². The number of benzene rings is 1. The minimum Gasteiger partial charge on any atom is -0.455 e. The van der Waals surface area contributed by atoms with E-state index in [-0.39, 0.29) is 18.0 Å². The van der Waals surface area contributed by atoms with Crippen molar-refractivity contribution >= 4 is 17.7 Å². The van der Waals surface area contributed by atoms with E-state index < -0.39 is 24.3 Å². The lowest BCUT2D eigenvalue weighted by atomic mass is 9.93. The Bertz CT molecular complexity index is 450. The zero-order valence-electron chi connectivity index (χ0n) is 12.0. The van der Waals surface area contributed by atoms with Crippen LogP contribution in [0.4, 0.5) is 0 Å². The Kier molecular flexibility index (Phi) is 5.64. The summed E-state index contributed by atoms with van der Waals surface area (Å²) in [6.07, 6.45) is -0.613. The summed E-state index contributed by atoms with van der Waals surface area (Å²) in [6.45, 7) is 1.55. The smallest absolute Gasteiger partial charge is 0.338 e. The first-order valence-electron chi connectivity index (χ1n) is 6.81. The van der Waals surface area contributed by atoms with E-state index in [1.165, 1.54) is 11.8 Å². The number of ether oxygens (including phenoxy) is 2. The molecule has 1 aliphatic rings. The molecule has 0 aliphatic carbocycles. The Morgan fingerprint density at radius 1 is 1.38 bits per heavy atom. The molecule has 116 valence electrons. The standard InChI is InChI=1S/C15H20O5S/c1-9-13(12(17)11(8-16)19-15(9)21-2)20-14(18)10-6-4-3-5-7-10/h3-7,9,11-13,15-17H,8H2,1-2H3/t9?,11?,12-,13+,15-/m0/s1. The predicted molar refractivity (Wildman–Crippen MR) is 80.1 cm³/mol. The van der Waals surface area contributed by atoms with Gasteiger partial charge in [0.2, 0.25) is 0 Å². The van der Waals surface area contributed by atoms with Crippen LogP contribution in [0.2, 0.25) is 0 Å². The van der Waals surface area contributed by atoms with Gasteiger partial charge in [-0.2, -0.15) is 0 Å². The molecule has 2 rings (SSSR count). The van der Waals surface area contributed by atoms with Gasteiger partial charge < -0.3 is 19.7 Å². The second kappa shape index (κ2) is 7.26. The molecule has 1 aromatic carbocycles. The molecule has 0 amide bonds. The summed E-state index contributed by atoms with van der Waals surface area (Å²) >= 11 is 1.47. The second-order valence-electron chi connectivity index (χ2n) is 5.05. The van der Waals surface area contributed by atoms with Crippen LogP contribution in [0.1, 0.15) is 17.3 Å². The number of thioether (sulfide) groups is 1. The van der Waals surface area contributed by atoms with Gasteiger partial charge in [-0.25, -0.2) is 4.79 Å². The fourth-order valence-corrected chi connectivity index (χ4v) is 3.26. The van der Waals surface area contributed by atoms with Gasteiger partial charge in [0, 0.05) is 5.92 Å². The van der Waals surface area contributed by atoms with Crippen LogP contribution in [0.25, 0.3) is 0 Å². The molecule has 2 N–H and O–H groups in total. The van der Waals surface area contributed by atoms with Gasteiger partial charge >= 0.3 is 5.97 Å². The molecule has 21 heavy (non-hydrogen) atoms. The molecule has 1 fully saturated rings. The largest absolute Gasteiger partial charge is 0.455 e. The third kappa shape index (κ3) is 3.58. The number of esters is 1. The quantitative estimate of drug-likeness (QED) is 0.816. The number of aliphatic hydroxyl groups excluding tert-OH is 2. The third-order valence-electron chi connectivity index (χ3n) is 3.64. The number of hydrogen-bond acceptors (Lipinski definition) is 6. The number of hydrogen-bond donors (Lipinski definition) is 2. The minimum atomic E-state index is -1.04.